The van der Waals surface area contributed by atoms with E-state index < -0.39 is 0 Å². The van der Waals surface area contributed by atoms with Crippen LogP contribution in [0.1, 0.15) is 17.4 Å². The first-order valence-corrected chi connectivity index (χ1v) is 5.89. The molecule has 0 saturated heterocycles. The highest BCUT2D eigenvalue weighted by Gasteiger charge is 2.11. The molecule has 2 N–H and O–H groups in total. The lowest BCUT2D eigenvalue weighted by molar-refractivity contribution is 0.0832. The van der Waals surface area contributed by atoms with Gasteiger partial charge in [0.15, 0.2) is 0 Å². The van der Waals surface area contributed by atoms with E-state index in [2.05, 4.69) is 5.32 Å². The summed E-state index contributed by atoms with van der Waals surface area (Å²) in [5.41, 5.74) is 0.541. The molecule has 0 radical (unpaired) electrons. The summed E-state index contributed by atoms with van der Waals surface area (Å²) in [5, 5.41) is 11.8. The molecular weight excluding hydrogens is 244 g/mol. The summed E-state index contributed by atoms with van der Waals surface area (Å²) in [6, 6.07) is 1.63. The van der Waals surface area contributed by atoms with E-state index in [1.807, 2.05) is 6.92 Å². The Bertz CT molecular complexity index is 366. The summed E-state index contributed by atoms with van der Waals surface area (Å²) in [4.78, 5) is 11.8. The number of aryl methyl sites for hydroxylation is 1. The number of aliphatic hydroxyl groups excluding tert-OH is 1. The lowest BCUT2D eigenvalue weighted by atomic mass is 10.4. The van der Waals surface area contributed by atoms with Gasteiger partial charge in [-0.15, -0.1) is 0 Å². The minimum Gasteiger partial charge on any atom is -0.394 e. The van der Waals surface area contributed by atoms with Crippen molar-refractivity contribution < 1.29 is 14.6 Å². The fraction of sp³-hybridized carbons (Fsp3) is 0.545. The number of aromatic nitrogens is 1. The van der Waals surface area contributed by atoms with Gasteiger partial charge in [-0.25, -0.2) is 0 Å². The Kier molecular flexibility index (Phi) is 6.04. The number of rotatable bonds is 7. The summed E-state index contributed by atoms with van der Waals surface area (Å²) in [6.45, 7) is 3.70. The van der Waals surface area contributed by atoms with Crippen LogP contribution < -0.4 is 5.32 Å². The normalized spacial score (nSPS) is 10.5. The summed E-state index contributed by atoms with van der Waals surface area (Å²) >= 11 is 5.84. The van der Waals surface area contributed by atoms with Gasteiger partial charge in [-0.3, -0.25) is 4.79 Å². The number of nitrogens with one attached hydrogen (secondary N) is 1. The molecule has 0 spiro atoms. The predicted octanol–water partition coefficient (Wildman–Crippen LogP) is 0.900. The highest BCUT2D eigenvalue weighted by molar-refractivity contribution is 6.31. The first-order chi connectivity index (χ1) is 8.19. The maximum absolute atomic E-state index is 11.8. The zero-order valence-electron chi connectivity index (χ0n) is 9.78. The largest absolute Gasteiger partial charge is 0.394 e. The van der Waals surface area contributed by atoms with Crippen molar-refractivity contribution in [2.75, 3.05) is 26.4 Å². The van der Waals surface area contributed by atoms with Crippen LogP contribution in [0.5, 0.6) is 0 Å². The van der Waals surface area contributed by atoms with Crippen molar-refractivity contribution >= 4 is 17.5 Å². The third kappa shape index (κ3) is 4.38. The number of halogens is 1. The molecule has 0 saturated carbocycles. The maximum Gasteiger partial charge on any atom is 0.268 e. The van der Waals surface area contributed by atoms with Crippen molar-refractivity contribution in [1.82, 2.24) is 9.88 Å². The van der Waals surface area contributed by atoms with Crippen molar-refractivity contribution in [3.05, 3.63) is 23.0 Å². The van der Waals surface area contributed by atoms with Crippen molar-refractivity contribution in [2.45, 2.75) is 13.5 Å². The minimum atomic E-state index is -0.175. The van der Waals surface area contributed by atoms with Gasteiger partial charge >= 0.3 is 0 Å². The van der Waals surface area contributed by atoms with Gasteiger partial charge < -0.3 is 19.7 Å². The first-order valence-electron chi connectivity index (χ1n) is 5.51. The lowest BCUT2D eigenvalue weighted by Crippen LogP contribution is -2.29. The number of nitrogens with zero attached hydrogens (tertiary/aromatic N) is 1. The Hall–Kier alpha value is -1.04. The standard InChI is InChI=1S/C11H17ClN2O3/c1-2-14-8-9(12)7-10(14)11(16)13-3-5-17-6-4-15/h7-8,15H,2-6H2,1H3,(H,13,16). The highest BCUT2D eigenvalue weighted by Crippen LogP contribution is 2.13. The van der Waals surface area contributed by atoms with Gasteiger partial charge in [-0.05, 0) is 13.0 Å². The minimum absolute atomic E-state index is 0.0117. The van der Waals surface area contributed by atoms with Crippen LogP contribution >= 0.6 is 11.6 Å². The van der Waals surface area contributed by atoms with Crippen LogP contribution in [-0.4, -0.2) is 41.9 Å². The van der Waals surface area contributed by atoms with E-state index >= 15 is 0 Å². The van der Waals surface area contributed by atoms with Crippen LogP contribution in [0.25, 0.3) is 0 Å². The number of amides is 1. The fourth-order valence-electron chi connectivity index (χ4n) is 1.42. The zero-order chi connectivity index (χ0) is 12.7. The molecule has 0 aromatic carbocycles. The maximum atomic E-state index is 11.8. The summed E-state index contributed by atoms with van der Waals surface area (Å²) < 4.78 is 6.82. The highest BCUT2D eigenvalue weighted by atomic mass is 35.5. The zero-order valence-corrected chi connectivity index (χ0v) is 10.5. The second kappa shape index (κ2) is 7.32. The summed E-state index contributed by atoms with van der Waals surface area (Å²) in [5.74, 6) is -0.175. The quantitative estimate of drug-likeness (QED) is 0.716. The molecule has 0 atom stereocenters. The third-order valence-corrected chi connectivity index (χ3v) is 2.41. The van der Waals surface area contributed by atoms with E-state index in [0.717, 1.165) is 0 Å². The molecular formula is C11H17ClN2O3. The van der Waals surface area contributed by atoms with E-state index in [9.17, 15) is 4.79 Å². The third-order valence-electron chi connectivity index (χ3n) is 2.20. The molecule has 17 heavy (non-hydrogen) atoms. The van der Waals surface area contributed by atoms with Crippen molar-refractivity contribution in [2.24, 2.45) is 0 Å². The molecule has 0 fully saturated rings. The average Bonchev–Trinajstić information content (AvgIpc) is 2.70. The van der Waals surface area contributed by atoms with Gasteiger partial charge in [-0.2, -0.15) is 0 Å². The van der Waals surface area contributed by atoms with Crippen LogP contribution in [0.2, 0.25) is 5.02 Å². The van der Waals surface area contributed by atoms with Crippen molar-refractivity contribution in [3.63, 3.8) is 0 Å². The van der Waals surface area contributed by atoms with Gasteiger partial charge in [0.25, 0.3) is 5.91 Å². The van der Waals surface area contributed by atoms with Crippen LogP contribution in [0.4, 0.5) is 0 Å². The Morgan fingerprint density at radius 1 is 1.59 bits per heavy atom. The topological polar surface area (TPSA) is 63.5 Å². The molecule has 96 valence electrons. The predicted molar refractivity (Wildman–Crippen MR) is 65.4 cm³/mol. The van der Waals surface area contributed by atoms with Gasteiger partial charge in [0, 0.05) is 19.3 Å². The number of carbonyl (C=O) groups is 1. The lowest BCUT2D eigenvalue weighted by Gasteiger charge is -2.07. The van der Waals surface area contributed by atoms with Crippen LogP contribution in [0.3, 0.4) is 0 Å². The van der Waals surface area contributed by atoms with Gasteiger partial charge in [0.2, 0.25) is 0 Å². The number of hydrogen-bond acceptors (Lipinski definition) is 3. The fourth-order valence-corrected chi connectivity index (χ4v) is 1.64. The molecule has 0 bridgehead atoms. The van der Waals surface area contributed by atoms with Gasteiger partial charge in [0.05, 0.1) is 24.8 Å². The Morgan fingerprint density at radius 3 is 3.00 bits per heavy atom. The number of carbonyl (C=O) groups excluding carboxylic acids is 1. The van der Waals surface area contributed by atoms with Crippen LogP contribution in [0, 0.1) is 0 Å². The number of ether oxygens (including phenoxy) is 1. The van der Waals surface area contributed by atoms with E-state index in [4.69, 9.17) is 21.4 Å². The molecule has 6 heteroatoms. The Morgan fingerprint density at radius 2 is 2.35 bits per heavy atom. The summed E-state index contributed by atoms with van der Waals surface area (Å²) in [6.07, 6.45) is 1.72. The molecule has 1 rings (SSSR count). The smallest absolute Gasteiger partial charge is 0.268 e. The number of hydrogen-bond donors (Lipinski definition) is 2. The van der Waals surface area contributed by atoms with E-state index in [-0.39, 0.29) is 19.1 Å². The first kappa shape index (κ1) is 14.0. The molecule has 1 aromatic heterocycles. The Balaban J connectivity index is 2.41. The average molecular weight is 261 g/mol. The molecule has 0 aliphatic carbocycles. The monoisotopic (exact) mass is 260 g/mol. The molecule has 0 aliphatic heterocycles. The van der Waals surface area contributed by atoms with Crippen LogP contribution in [-0.2, 0) is 11.3 Å². The van der Waals surface area contributed by atoms with E-state index in [0.29, 0.717) is 30.4 Å². The Labute approximate surface area is 105 Å². The molecule has 1 aromatic rings. The SMILES string of the molecule is CCn1cc(Cl)cc1C(=O)NCCOCCO. The second-order valence-corrected chi connectivity index (χ2v) is 3.86. The molecule has 1 amide bonds. The number of aliphatic hydroxyl groups is 1. The second-order valence-electron chi connectivity index (χ2n) is 3.42. The van der Waals surface area contributed by atoms with Gasteiger partial charge in [0.1, 0.15) is 5.69 Å². The van der Waals surface area contributed by atoms with Crippen molar-refractivity contribution in [1.29, 1.82) is 0 Å². The van der Waals surface area contributed by atoms with E-state index in [1.54, 1.807) is 16.8 Å². The van der Waals surface area contributed by atoms with Crippen molar-refractivity contribution in [3.8, 4) is 0 Å². The molecule has 0 unspecified atom stereocenters. The summed E-state index contributed by atoms with van der Waals surface area (Å²) in [7, 11) is 0. The molecule has 1 heterocycles. The van der Waals surface area contributed by atoms with Crippen LogP contribution in [0.15, 0.2) is 12.3 Å². The van der Waals surface area contributed by atoms with E-state index in [1.165, 1.54) is 0 Å². The molecule has 5 nitrogen and oxygen atoms in total. The van der Waals surface area contributed by atoms with Gasteiger partial charge in [-0.1, -0.05) is 11.6 Å². The molecule has 0 aliphatic rings.